The molecular formula is C29H39N5O3. The number of morpholine rings is 1. The first-order valence-electron chi connectivity index (χ1n) is 13.8. The lowest BCUT2D eigenvalue weighted by Gasteiger charge is -2.39. The monoisotopic (exact) mass is 505 g/mol. The molecule has 0 amide bonds. The van der Waals surface area contributed by atoms with Gasteiger partial charge < -0.3 is 24.5 Å². The molecule has 2 N–H and O–H groups in total. The number of aromatic nitrogens is 3. The topological polar surface area (TPSA) is 87.7 Å². The first-order chi connectivity index (χ1) is 18.0. The van der Waals surface area contributed by atoms with Crippen LogP contribution in [0.2, 0.25) is 0 Å². The van der Waals surface area contributed by atoms with Gasteiger partial charge in [-0.05, 0) is 70.1 Å². The predicted molar refractivity (Wildman–Crippen MR) is 145 cm³/mol. The summed E-state index contributed by atoms with van der Waals surface area (Å²) >= 11 is 0. The van der Waals surface area contributed by atoms with Crippen molar-refractivity contribution in [3.63, 3.8) is 0 Å². The Morgan fingerprint density at radius 3 is 2.59 bits per heavy atom. The van der Waals surface area contributed by atoms with Crippen molar-refractivity contribution in [1.29, 1.82) is 0 Å². The van der Waals surface area contributed by atoms with Crippen molar-refractivity contribution in [3.05, 3.63) is 36.8 Å². The predicted octanol–water partition coefficient (Wildman–Crippen LogP) is 4.83. The number of rotatable bonds is 6. The van der Waals surface area contributed by atoms with Gasteiger partial charge in [-0.15, -0.1) is 0 Å². The average molecular weight is 506 g/mol. The summed E-state index contributed by atoms with van der Waals surface area (Å²) in [5, 5.41) is 0.927. The molecule has 1 unspecified atom stereocenters. The van der Waals surface area contributed by atoms with Crippen LogP contribution in [0.15, 0.2) is 36.8 Å². The Balaban J connectivity index is 1.22. The molecule has 1 saturated carbocycles. The molecular weight excluding hydrogens is 466 g/mol. The van der Waals surface area contributed by atoms with Crippen LogP contribution in [0.25, 0.3) is 22.2 Å². The summed E-state index contributed by atoms with van der Waals surface area (Å²) in [7, 11) is 0. The zero-order valence-electron chi connectivity index (χ0n) is 22.1. The molecule has 1 aromatic carbocycles. The maximum absolute atomic E-state index is 6.43. The molecule has 3 aliphatic rings. The first-order valence-corrected chi connectivity index (χ1v) is 13.8. The molecule has 2 aliphatic heterocycles. The minimum absolute atomic E-state index is 0.0590. The maximum Gasteiger partial charge on any atom is 0.146 e. The Morgan fingerprint density at radius 1 is 1.05 bits per heavy atom. The highest BCUT2D eigenvalue weighted by Crippen LogP contribution is 2.39. The number of hydrogen-bond donors (Lipinski definition) is 1. The molecule has 8 heteroatoms. The lowest BCUT2D eigenvalue weighted by molar-refractivity contribution is -0.0326. The molecule has 2 aromatic heterocycles. The smallest absolute Gasteiger partial charge is 0.146 e. The van der Waals surface area contributed by atoms with E-state index in [0.717, 1.165) is 79.9 Å². The van der Waals surface area contributed by atoms with Crippen LogP contribution >= 0.6 is 0 Å². The number of nitrogens with two attached hydrogens (primary N) is 1. The van der Waals surface area contributed by atoms with Crippen molar-refractivity contribution in [2.45, 2.75) is 76.2 Å². The third-order valence-corrected chi connectivity index (χ3v) is 8.40. The number of anilines is 1. The molecule has 6 rings (SSSR count). The van der Waals surface area contributed by atoms with Crippen molar-refractivity contribution in [2.75, 3.05) is 38.6 Å². The van der Waals surface area contributed by atoms with E-state index >= 15 is 0 Å². The summed E-state index contributed by atoms with van der Waals surface area (Å²) in [6.07, 6.45) is 10.7. The lowest BCUT2D eigenvalue weighted by atomic mass is 9.90. The van der Waals surface area contributed by atoms with Gasteiger partial charge in [-0.1, -0.05) is 12.1 Å². The normalized spacial score (nSPS) is 26.5. The van der Waals surface area contributed by atoms with Gasteiger partial charge in [-0.3, -0.25) is 4.90 Å². The fourth-order valence-electron chi connectivity index (χ4n) is 6.39. The van der Waals surface area contributed by atoms with Crippen LogP contribution in [0.3, 0.4) is 0 Å². The lowest BCUT2D eigenvalue weighted by Crippen LogP contribution is -2.45. The summed E-state index contributed by atoms with van der Waals surface area (Å²) in [5.41, 5.74) is 9.42. The summed E-state index contributed by atoms with van der Waals surface area (Å²) in [6, 6.07) is 9.33. The summed E-state index contributed by atoms with van der Waals surface area (Å²) < 4.78 is 20.2. The third kappa shape index (κ3) is 5.19. The second-order valence-electron chi connectivity index (χ2n) is 11.4. The van der Waals surface area contributed by atoms with E-state index in [-0.39, 0.29) is 11.7 Å². The van der Waals surface area contributed by atoms with Gasteiger partial charge in [0.15, 0.2) is 0 Å². The largest absolute Gasteiger partial charge is 0.491 e. The van der Waals surface area contributed by atoms with Crippen LogP contribution in [0.1, 0.15) is 58.4 Å². The summed E-state index contributed by atoms with van der Waals surface area (Å²) in [4.78, 5) is 11.6. The van der Waals surface area contributed by atoms with E-state index in [1.165, 1.54) is 12.8 Å². The van der Waals surface area contributed by atoms with Gasteiger partial charge in [-0.25, -0.2) is 9.97 Å². The van der Waals surface area contributed by atoms with Gasteiger partial charge in [0.1, 0.15) is 30.1 Å². The molecule has 0 bridgehead atoms. The van der Waals surface area contributed by atoms with Crippen LogP contribution in [0, 0.1) is 0 Å². The molecule has 0 radical (unpaired) electrons. The number of ether oxygens (including phenoxy) is 3. The molecule has 3 aromatic rings. The van der Waals surface area contributed by atoms with Crippen molar-refractivity contribution in [1.82, 2.24) is 19.4 Å². The zero-order valence-corrected chi connectivity index (χ0v) is 22.1. The van der Waals surface area contributed by atoms with Crippen molar-refractivity contribution < 1.29 is 14.2 Å². The fraction of sp³-hybridized carbons (Fsp3) is 0.586. The van der Waals surface area contributed by atoms with E-state index in [0.29, 0.717) is 24.5 Å². The van der Waals surface area contributed by atoms with Crippen molar-refractivity contribution >= 4 is 16.9 Å². The Morgan fingerprint density at radius 2 is 1.84 bits per heavy atom. The van der Waals surface area contributed by atoms with Gasteiger partial charge in [0.25, 0.3) is 0 Å². The van der Waals surface area contributed by atoms with Crippen LogP contribution in [0.4, 0.5) is 5.82 Å². The standard InChI is InChI=1S/C29H39N5O3/c1-29(2)11-10-24(37-29)18-36-23-5-3-4-20(16-23)25-17-34(28-26(25)27(30)31-19-32-28)22-8-6-21(7-9-22)33-12-14-35-15-13-33/h3-5,16-17,19,21-22,24H,6-15,18H2,1-2H3,(H2,30,31,32). The van der Waals surface area contributed by atoms with E-state index in [4.69, 9.17) is 24.9 Å². The second kappa shape index (κ2) is 10.2. The minimum atomic E-state index is -0.0590. The highest BCUT2D eigenvalue weighted by Gasteiger charge is 2.32. The van der Waals surface area contributed by atoms with Gasteiger partial charge in [0.05, 0.1) is 30.3 Å². The minimum Gasteiger partial charge on any atom is -0.491 e. The number of fused-ring (bicyclic) bond motifs is 1. The highest BCUT2D eigenvalue weighted by atomic mass is 16.6. The molecule has 37 heavy (non-hydrogen) atoms. The van der Waals surface area contributed by atoms with Crippen molar-refractivity contribution in [2.24, 2.45) is 0 Å². The summed E-state index contributed by atoms with van der Waals surface area (Å²) in [5.74, 6) is 1.36. The molecule has 8 nitrogen and oxygen atoms in total. The molecule has 1 aliphatic carbocycles. The first kappa shape index (κ1) is 24.6. The van der Waals surface area contributed by atoms with E-state index in [9.17, 15) is 0 Å². The van der Waals surface area contributed by atoms with Gasteiger partial charge in [0.2, 0.25) is 0 Å². The maximum atomic E-state index is 6.43. The quantitative estimate of drug-likeness (QED) is 0.513. The van der Waals surface area contributed by atoms with Crippen LogP contribution < -0.4 is 10.5 Å². The van der Waals surface area contributed by atoms with Crippen LogP contribution in [0.5, 0.6) is 5.75 Å². The summed E-state index contributed by atoms with van der Waals surface area (Å²) in [6.45, 7) is 8.67. The van der Waals surface area contributed by atoms with Gasteiger partial charge in [0, 0.05) is 36.9 Å². The fourth-order valence-corrected chi connectivity index (χ4v) is 6.39. The SMILES string of the molecule is CC1(C)CCC(COc2cccc(-c3cn(C4CCC(N5CCOCC5)CC4)c4ncnc(N)c34)c2)O1. The van der Waals surface area contributed by atoms with Crippen LogP contribution in [-0.4, -0.2) is 70.1 Å². The molecule has 1 atom stereocenters. The second-order valence-corrected chi connectivity index (χ2v) is 11.4. The van der Waals surface area contributed by atoms with E-state index in [2.05, 4.69) is 46.6 Å². The number of nitrogen functional groups attached to an aromatic ring is 1. The molecule has 2 saturated heterocycles. The van der Waals surface area contributed by atoms with Gasteiger partial charge >= 0.3 is 0 Å². The Labute approximate surface area is 219 Å². The molecule has 0 spiro atoms. The van der Waals surface area contributed by atoms with E-state index in [1.807, 2.05) is 12.1 Å². The Bertz CT molecular complexity index is 1230. The molecule has 4 heterocycles. The van der Waals surface area contributed by atoms with Crippen LogP contribution in [-0.2, 0) is 9.47 Å². The highest BCUT2D eigenvalue weighted by molar-refractivity contribution is 6.00. The van der Waals surface area contributed by atoms with E-state index in [1.54, 1.807) is 6.33 Å². The average Bonchev–Trinajstić information content (AvgIpc) is 3.49. The molecule has 198 valence electrons. The third-order valence-electron chi connectivity index (χ3n) is 8.40. The Kier molecular flexibility index (Phi) is 6.82. The van der Waals surface area contributed by atoms with E-state index < -0.39 is 0 Å². The number of hydrogen-bond acceptors (Lipinski definition) is 7. The zero-order chi connectivity index (χ0) is 25.4. The number of benzene rings is 1. The number of nitrogens with zero attached hydrogens (tertiary/aromatic N) is 4. The van der Waals surface area contributed by atoms with Gasteiger partial charge in [-0.2, -0.15) is 0 Å². The Hall–Kier alpha value is -2.68. The van der Waals surface area contributed by atoms with Crippen molar-refractivity contribution in [3.8, 4) is 16.9 Å². The molecule has 3 fully saturated rings.